The van der Waals surface area contributed by atoms with Gasteiger partial charge in [-0.15, -0.1) is 0 Å². The Bertz CT molecular complexity index is 267. The molecule has 3 heteroatoms. The van der Waals surface area contributed by atoms with Crippen LogP contribution in [0.3, 0.4) is 0 Å². The van der Waals surface area contributed by atoms with Gasteiger partial charge in [0, 0.05) is 22.4 Å². The van der Waals surface area contributed by atoms with Gasteiger partial charge in [0.1, 0.15) is 0 Å². The van der Waals surface area contributed by atoms with Crippen LogP contribution in [-0.2, 0) is 22.4 Å². The smallest absolute Gasteiger partial charge is 0.0777 e. The molecule has 1 rings (SSSR count). The van der Waals surface area contributed by atoms with Crippen molar-refractivity contribution in [3.8, 4) is 0 Å². The fraction of sp³-hybridized carbons (Fsp3) is 0.286. The van der Waals surface area contributed by atoms with Crippen LogP contribution in [0.5, 0.6) is 0 Å². The molecule has 0 aliphatic rings. The zero-order valence-electron chi connectivity index (χ0n) is 5.96. The van der Waals surface area contributed by atoms with E-state index < -0.39 is 0 Å². The summed E-state index contributed by atoms with van der Waals surface area (Å²) in [5.74, 6) is 0. The van der Waals surface area contributed by atoms with Crippen molar-refractivity contribution in [2.75, 3.05) is 0 Å². The van der Waals surface area contributed by atoms with Crippen LogP contribution in [0, 0.1) is 13.8 Å². The molecule has 0 atom stereocenters. The molecule has 1 heterocycles. The predicted octanol–water partition coefficient (Wildman–Crippen LogP) is 0.618. The van der Waals surface area contributed by atoms with Crippen LogP contribution in [0.25, 0.3) is 0 Å². The van der Waals surface area contributed by atoms with E-state index in [9.17, 15) is 4.79 Å². The Hall–Kier alpha value is -0.310. The Kier molecular flexibility index (Phi) is 3.64. The number of rotatable bonds is 0. The van der Waals surface area contributed by atoms with E-state index in [1.54, 1.807) is 6.07 Å². The van der Waals surface area contributed by atoms with Crippen LogP contribution in [0.2, 0.25) is 0 Å². The number of aryl methyl sites for hydroxylation is 2. The molecule has 0 amide bonds. The predicted molar refractivity (Wildman–Crippen MR) is 35.5 cm³/mol. The summed E-state index contributed by atoms with van der Waals surface area (Å²) in [7, 11) is 0. The normalized spacial score (nSPS) is 8.60. The standard InChI is InChI=1S/C7H9NO.Ta/c1-5-3-4-7(9)8-6(5)2;/h3-4H,1-2H3,(H,8,9);/p-1. The third-order valence-electron chi connectivity index (χ3n) is 1.32. The molecule has 0 aromatic carbocycles. The van der Waals surface area contributed by atoms with Crippen LogP contribution in [0.15, 0.2) is 16.9 Å². The van der Waals surface area contributed by atoms with Gasteiger partial charge >= 0.3 is 0 Å². The molecule has 2 nitrogen and oxygen atoms in total. The Morgan fingerprint density at radius 3 is 2.30 bits per heavy atom. The molecule has 1 aromatic rings. The Morgan fingerprint density at radius 1 is 1.30 bits per heavy atom. The van der Waals surface area contributed by atoms with Gasteiger partial charge in [0.2, 0.25) is 0 Å². The maximum absolute atomic E-state index is 10.5. The van der Waals surface area contributed by atoms with Crippen LogP contribution >= 0.6 is 0 Å². The summed E-state index contributed by atoms with van der Waals surface area (Å²) in [6.07, 6.45) is 0. The molecule has 0 N–H and O–H groups in total. The molecule has 0 unspecified atom stereocenters. The van der Waals surface area contributed by atoms with Gasteiger partial charge in [-0.25, -0.2) is 0 Å². The van der Waals surface area contributed by atoms with Gasteiger partial charge in [-0.2, -0.15) is 5.69 Å². The van der Waals surface area contributed by atoms with Crippen molar-refractivity contribution < 1.29 is 22.4 Å². The first-order valence-electron chi connectivity index (χ1n) is 2.81. The van der Waals surface area contributed by atoms with E-state index in [0.29, 0.717) is 0 Å². The zero-order valence-corrected chi connectivity index (χ0v) is 9.17. The number of aromatic nitrogens is 1. The molecule has 0 spiro atoms. The Balaban J connectivity index is 0.000000810. The van der Waals surface area contributed by atoms with E-state index in [1.807, 2.05) is 13.8 Å². The van der Waals surface area contributed by atoms with Crippen molar-refractivity contribution in [3.05, 3.63) is 33.7 Å². The van der Waals surface area contributed by atoms with Crippen LogP contribution in [0.1, 0.15) is 11.3 Å². The number of hydrogen-bond acceptors (Lipinski definition) is 1. The van der Waals surface area contributed by atoms with Crippen molar-refractivity contribution in [1.82, 2.24) is 4.98 Å². The van der Waals surface area contributed by atoms with E-state index in [1.165, 1.54) is 6.07 Å². The summed E-state index contributed by atoms with van der Waals surface area (Å²) in [5, 5.41) is 0. The van der Waals surface area contributed by atoms with Crippen molar-refractivity contribution in [2.24, 2.45) is 0 Å². The van der Waals surface area contributed by atoms with Gasteiger partial charge < -0.3 is 9.78 Å². The molecule has 1 radical (unpaired) electrons. The maximum Gasteiger partial charge on any atom is 0.0777 e. The molecule has 0 aliphatic heterocycles. The minimum Gasteiger partial charge on any atom is -0.627 e. The fourth-order valence-electron chi connectivity index (χ4n) is 0.608. The van der Waals surface area contributed by atoms with Crippen molar-refractivity contribution >= 4 is 0 Å². The molecular formula is C7H8NOTa-. The molecule has 0 saturated carbocycles. The summed E-state index contributed by atoms with van der Waals surface area (Å²) in [6.45, 7) is 3.76. The second-order valence-corrected chi connectivity index (χ2v) is 2.05. The first-order chi connectivity index (χ1) is 4.20. The second-order valence-electron chi connectivity index (χ2n) is 2.05. The summed E-state index contributed by atoms with van der Waals surface area (Å²) < 4.78 is 0. The molecule has 53 valence electrons. The van der Waals surface area contributed by atoms with Gasteiger partial charge in [-0.05, 0) is 13.0 Å². The van der Waals surface area contributed by atoms with Crippen molar-refractivity contribution in [1.29, 1.82) is 0 Å². The summed E-state index contributed by atoms with van der Waals surface area (Å²) >= 11 is 0. The minimum atomic E-state index is -0.155. The fourth-order valence-corrected chi connectivity index (χ4v) is 0.608. The second kappa shape index (κ2) is 3.76. The molecule has 10 heavy (non-hydrogen) atoms. The first-order valence-corrected chi connectivity index (χ1v) is 2.81. The molecule has 0 saturated heterocycles. The van der Waals surface area contributed by atoms with Gasteiger partial charge in [0.15, 0.2) is 0 Å². The monoisotopic (exact) mass is 303 g/mol. The van der Waals surface area contributed by atoms with E-state index in [0.717, 1.165) is 11.3 Å². The molecule has 0 aliphatic carbocycles. The summed E-state index contributed by atoms with van der Waals surface area (Å²) in [5.41, 5.74) is 1.73. The third-order valence-corrected chi connectivity index (χ3v) is 1.32. The average Bonchev–Trinajstić information content (AvgIpc) is 1.80. The molecule has 1 aromatic heterocycles. The number of pyridine rings is 1. The van der Waals surface area contributed by atoms with E-state index in [4.69, 9.17) is 0 Å². The SMILES string of the molecule is Cc1ccc(=O)[n-]c1C.[Ta]. The van der Waals surface area contributed by atoms with Crippen molar-refractivity contribution in [3.63, 3.8) is 0 Å². The largest absolute Gasteiger partial charge is 0.627 e. The van der Waals surface area contributed by atoms with Crippen molar-refractivity contribution in [2.45, 2.75) is 13.8 Å². The maximum atomic E-state index is 10.5. The zero-order chi connectivity index (χ0) is 6.85. The van der Waals surface area contributed by atoms with Crippen LogP contribution in [-0.4, -0.2) is 0 Å². The molecule has 0 bridgehead atoms. The first kappa shape index (κ1) is 9.69. The topological polar surface area (TPSA) is 31.2 Å². The number of nitrogens with zero attached hydrogens (tertiary/aromatic N) is 1. The van der Waals surface area contributed by atoms with Gasteiger partial charge in [-0.3, -0.25) is 0 Å². The summed E-state index contributed by atoms with van der Waals surface area (Å²) in [4.78, 5) is 14.2. The minimum absolute atomic E-state index is 0. The quantitative estimate of drug-likeness (QED) is 0.703. The Labute approximate surface area is 75.2 Å². The van der Waals surface area contributed by atoms with E-state index in [-0.39, 0.29) is 27.9 Å². The van der Waals surface area contributed by atoms with Gasteiger partial charge in [0.05, 0.1) is 5.56 Å². The molecular weight excluding hydrogens is 295 g/mol. The summed E-state index contributed by atoms with van der Waals surface area (Å²) in [6, 6.07) is 3.26. The average molecular weight is 303 g/mol. The van der Waals surface area contributed by atoms with Gasteiger partial charge in [-0.1, -0.05) is 18.6 Å². The van der Waals surface area contributed by atoms with E-state index in [2.05, 4.69) is 4.98 Å². The van der Waals surface area contributed by atoms with E-state index >= 15 is 0 Å². The van der Waals surface area contributed by atoms with Crippen LogP contribution in [0.4, 0.5) is 0 Å². The Morgan fingerprint density at radius 2 is 1.90 bits per heavy atom. The number of hydrogen-bond donors (Lipinski definition) is 0. The molecule has 0 fully saturated rings. The van der Waals surface area contributed by atoms with Gasteiger partial charge in [0.25, 0.3) is 0 Å². The third kappa shape index (κ3) is 2.14. The van der Waals surface area contributed by atoms with Crippen LogP contribution < -0.4 is 10.5 Å².